The van der Waals surface area contributed by atoms with Gasteiger partial charge in [0.2, 0.25) is 0 Å². The molecule has 0 unspecified atom stereocenters. The van der Waals surface area contributed by atoms with Gasteiger partial charge in [-0.15, -0.1) is 0 Å². The van der Waals surface area contributed by atoms with Gasteiger partial charge < -0.3 is 5.32 Å². The van der Waals surface area contributed by atoms with Gasteiger partial charge in [-0.3, -0.25) is 0 Å². The fraction of sp³-hybridized carbons (Fsp3) is 1.00. The Hall–Kier alpha value is -0.0400. The Morgan fingerprint density at radius 1 is 0.867 bits per heavy atom. The maximum atomic E-state index is 3.81. The van der Waals surface area contributed by atoms with Crippen molar-refractivity contribution in [3.63, 3.8) is 0 Å². The Labute approximate surface area is 93.0 Å². The summed E-state index contributed by atoms with van der Waals surface area (Å²) in [5.74, 6) is 3.37. The van der Waals surface area contributed by atoms with Crippen molar-refractivity contribution in [1.29, 1.82) is 0 Å². The average Bonchev–Trinajstić information content (AvgIpc) is 2.95. The Kier molecular flexibility index (Phi) is 1.81. The molecule has 4 bridgehead atoms. The van der Waals surface area contributed by atoms with E-state index in [1.165, 1.54) is 19.4 Å². The van der Waals surface area contributed by atoms with E-state index in [4.69, 9.17) is 0 Å². The number of rotatable bonds is 3. The fourth-order valence-electron chi connectivity index (χ4n) is 5.15. The van der Waals surface area contributed by atoms with E-state index in [2.05, 4.69) is 5.32 Å². The molecule has 0 spiro atoms. The van der Waals surface area contributed by atoms with Gasteiger partial charge in [0.15, 0.2) is 0 Å². The van der Waals surface area contributed by atoms with Crippen LogP contribution in [0.5, 0.6) is 0 Å². The average molecular weight is 205 g/mol. The van der Waals surface area contributed by atoms with Crippen LogP contribution in [0.15, 0.2) is 0 Å². The molecule has 0 aliphatic heterocycles. The lowest BCUT2D eigenvalue weighted by molar-refractivity contribution is -0.0514. The van der Waals surface area contributed by atoms with Crippen molar-refractivity contribution in [2.24, 2.45) is 23.2 Å². The van der Waals surface area contributed by atoms with Gasteiger partial charge in [-0.2, -0.15) is 0 Å². The highest BCUT2D eigenvalue weighted by Crippen LogP contribution is 2.59. The predicted octanol–water partition coefficient (Wildman–Crippen LogP) is 2.95. The largest absolute Gasteiger partial charge is 0.313 e. The van der Waals surface area contributed by atoms with Crippen molar-refractivity contribution in [3.8, 4) is 0 Å². The Bertz CT molecular complexity index is 231. The summed E-state index contributed by atoms with van der Waals surface area (Å²) in [7, 11) is 0. The van der Waals surface area contributed by atoms with Crippen LogP contribution in [0.3, 0.4) is 0 Å². The predicted molar refractivity (Wildman–Crippen MR) is 61.6 cm³/mol. The lowest BCUT2D eigenvalue weighted by Crippen LogP contribution is -2.50. The number of hydrogen-bond acceptors (Lipinski definition) is 1. The second-order valence-corrected chi connectivity index (χ2v) is 7.07. The van der Waals surface area contributed by atoms with Gasteiger partial charge in [-0.25, -0.2) is 0 Å². The summed E-state index contributed by atoms with van der Waals surface area (Å²) in [5.41, 5.74) is 0.761. The molecule has 15 heavy (non-hydrogen) atoms. The maximum Gasteiger partial charge on any atom is 0.00684 e. The fourth-order valence-corrected chi connectivity index (χ4v) is 5.15. The third kappa shape index (κ3) is 1.54. The van der Waals surface area contributed by atoms with Gasteiger partial charge in [0.1, 0.15) is 0 Å². The number of hydrogen-bond donors (Lipinski definition) is 1. The summed E-state index contributed by atoms with van der Waals surface area (Å²) in [6, 6.07) is 0.915. The third-order valence-electron chi connectivity index (χ3n) is 5.51. The summed E-state index contributed by atoms with van der Waals surface area (Å²) >= 11 is 0. The van der Waals surface area contributed by atoms with E-state index in [9.17, 15) is 0 Å². The zero-order chi connectivity index (χ0) is 9.88. The van der Waals surface area contributed by atoms with E-state index in [0.717, 1.165) is 29.2 Å². The molecule has 5 fully saturated rings. The topological polar surface area (TPSA) is 12.0 Å². The molecule has 0 saturated heterocycles. The number of nitrogens with one attached hydrogen (secondary N) is 1. The van der Waals surface area contributed by atoms with E-state index in [1.807, 2.05) is 0 Å². The molecule has 1 heteroatoms. The molecule has 0 aromatic carbocycles. The first kappa shape index (κ1) is 9.04. The molecule has 5 aliphatic rings. The minimum Gasteiger partial charge on any atom is -0.313 e. The highest BCUT2D eigenvalue weighted by Gasteiger charge is 2.50. The Morgan fingerprint density at radius 2 is 1.40 bits per heavy atom. The summed E-state index contributed by atoms with van der Waals surface area (Å²) < 4.78 is 0. The van der Waals surface area contributed by atoms with Crippen LogP contribution in [-0.4, -0.2) is 12.6 Å². The first-order chi connectivity index (χ1) is 7.31. The molecule has 84 valence electrons. The van der Waals surface area contributed by atoms with Crippen molar-refractivity contribution in [2.75, 3.05) is 6.54 Å². The molecule has 5 saturated carbocycles. The van der Waals surface area contributed by atoms with Crippen molar-refractivity contribution >= 4 is 0 Å². The molecule has 0 radical (unpaired) electrons. The van der Waals surface area contributed by atoms with Crippen LogP contribution in [0.4, 0.5) is 0 Å². The minimum atomic E-state index is 0.761. The standard InChI is InChI=1S/C14H23N/c1-2-13(1)15-9-14-6-10-3-11(7-14)5-12(4-10)8-14/h10-13,15H,1-9H2. The highest BCUT2D eigenvalue weighted by atomic mass is 15.0. The van der Waals surface area contributed by atoms with Gasteiger partial charge in [0.25, 0.3) is 0 Å². The van der Waals surface area contributed by atoms with Crippen molar-refractivity contribution in [3.05, 3.63) is 0 Å². The zero-order valence-corrected chi connectivity index (χ0v) is 9.67. The summed E-state index contributed by atoms with van der Waals surface area (Å²) in [6.07, 6.45) is 12.4. The van der Waals surface area contributed by atoms with Crippen molar-refractivity contribution < 1.29 is 0 Å². The molecule has 0 heterocycles. The Morgan fingerprint density at radius 3 is 1.87 bits per heavy atom. The van der Waals surface area contributed by atoms with Gasteiger partial charge in [-0.05, 0) is 74.5 Å². The molecule has 0 amide bonds. The minimum absolute atomic E-state index is 0.761. The van der Waals surface area contributed by atoms with Crippen LogP contribution < -0.4 is 5.32 Å². The third-order valence-corrected chi connectivity index (χ3v) is 5.51. The normalized spacial score (nSPS) is 52.4. The van der Waals surface area contributed by atoms with E-state index in [0.29, 0.717) is 0 Å². The van der Waals surface area contributed by atoms with Crippen LogP contribution >= 0.6 is 0 Å². The lowest BCUT2D eigenvalue weighted by Gasteiger charge is -2.57. The molecule has 0 aromatic heterocycles. The van der Waals surface area contributed by atoms with Crippen LogP contribution in [0.25, 0.3) is 0 Å². The summed E-state index contributed by atoms with van der Waals surface area (Å²) in [6.45, 7) is 1.36. The van der Waals surface area contributed by atoms with E-state index >= 15 is 0 Å². The van der Waals surface area contributed by atoms with Crippen molar-refractivity contribution in [1.82, 2.24) is 5.32 Å². The molecule has 5 rings (SSSR count). The molecule has 0 atom stereocenters. The van der Waals surface area contributed by atoms with Crippen LogP contribution in [0, 0.1) is 23.2 Å². The molecule has 1 N–H and O–H groups in total. The van der Waals surface area contributed by atoms with E-state index in [1.54, 1.807) is 38.5 Å². The molecular weight excluding hydrogens is 182 g/mol. The molecular formula is C14H23N. The SMILES string of the molecule is C1C2CC3CC1CC(CNC1CC1)(C2)C3. The van der Waals surface area contributed by atoms with Crippen molar-refractivity contribution in [2.45, 2.75) is 57.4 Å². The van der Waals surface area contributed by atoms with Gasteiger partial charge >= 0.3 is 0 Å². The highest BCUT2D eigenvalue weighted by molar-refractivity contribution is 5.03. The lowest BCUT2D eigenvalue weighted by atomic mass is 9.49. The van der Waals surface area contributed by atoms with Gasteiger partial charge in [-0.1, -0.05) is 0 Å². The quantitative estimate of drug-likeness (QED) is 0.747. The Balaban J connectivity index is 1.50. The molecule has 5 aliphatic carbocycles. The van der Waals surface area contributed by atoms with E-state index < -0.39 is 0 Å². The second kappa shape index (κ2) is 3.00. The van der Waals surface area contributed by atoms with Gasteiger partial charge in [0.05, 0.1) is 0 Å². The maximum absolute atomic E-state index is 3.81. The first-order valence-electron chi connectivity index (χ1n) is 7.05. The zero-order valence-electron chi connectivity index (χ0n) is 9.67. The monoisotopic (exact) mass is 205 g/mol. The van der Waals surface area contributed by atoms with Crippen LogP contribution in [0.1, 0.15) is 51.4 Å². The van der Waals surface area contributed by atoms with Crippen LogP contribution in [0.2, 0.25) is 0 Å². The molecule has 0 aromatic rings. The smallest absolute Gasteiger partial charge is 0.00684 e. The summed E-state index contributed by atoms with van der Waals surface area (Å²) in [5, 5.41) is 3.81. The van der Waals surface area contributed by atoms with E-state index in [-0.39, 0.29) is 0 Å². The second-order valence-electron chi connectivity index (χ2n) is 7.07. The molecule has 1 nitrogen and oxygen atoms in total. The van der Waals surface area contributed by atoms with Crippen LogP contribution in [-0.2, 0) is 0 Å². The van der Waals surface area contributed by atoms with Gasteiger partial charge in [0, 0.05) is 12.6 Å². The summed E-state index contributed by atoms with van der Waals surface area (Å²) in [4.78, 5) is 0. The first-order valence-corrected chi connectivity index (χ1v) is 7.05.